The Labute approximate surface area is 126 Å². The molecule has 1 aromatic heterocycles. The van der Waals surface area contributed by atoms with Crippen LogP contribution in [0, 0.1) is 5.92 Å². The van der Waals surface area contributed by atoms with Crippen LogP contribution in [0.2, 0.25) is 5.02 Å². The number of aromatic nitrogens is 1. The molecule has 0 atom stereocenters. The first kappa shape index (κ1) is 17.2. The summed E-state index contributed by atoms with van der Waals surface area (Å²) in [7, 11) is 0. The summed E-state index contributed by atoms with van der Waals surface area (Å²) < 4.78 is 11.0. The molecule has 0 amide bonds. The maximum atomic E-state index is 6.11. The molecule has 0 aliphatic heterocycles. The third-order valence-corrected chi connectivity index (χ3v) is 2.88. The molecule has 0 bridgehead atoms. The van der Waals surface area contributed by atoms with Crippen molar-refractivity contribution in [1.82, 2.24) is 4.98 Å². The second-order valence-electron chi connectivity index (χ2n) is 5.07. The van der Waals surface area contributed by atoms with Crippen molar-refractivity contribution in [3.8, 4) is 0 Å². The van der Waals surface area contributed by atoms with Gasteiger partial charge in [0.05, 0.1) is 30.5 Å². The van der Waals surface area contributed by atoms with Crippen molar-refractivity contribution in [3.05, 3.63) is 22.8 Å². The Kier molecular flexibility index (Phi) is 8.58. The largest absolute Gasteiger partial charge is 0.379 e. The molecule has 1 aromatic rings. The van der Waals surface area contributed by atoms with Crippen LogP contribution >= 0.6 is 11.6 Å². The molecule has 0 spiro atoms. The normalized spacial score (nSPS) is 11.1. The monoisotopic (exact) mass is 300 g/mol. The van der Waals surface area contributed by atoms with Gasteiger partial charge in [0.25, 0.3) is 0 Å². The molecule has 1 N–H and O–H groups in total. The third-order valence-electron chi connectivity index (χ3n) is 2.54. The van der Waals surface area contributed by atoms with Crippen LogP contribution in [0.15, 0.2) is 12.1 Å². The third kappa shape index (κ3) is 7.08. The molecule has 1 rings (SSSR count). The van der Waals surface area contributed by atoms with Gasteiger partial charge in [0.2, 0.25) is 0 Å². The van der Waals surface area contributed by atoms with Crippen LogP contribution in [0.5, 0.6) is 0 Å². The highest BCUT2D eigenvalue weighted by molar-refractivity contribution is 6.31. The van der Waals surface area contributed by atoms with E-state index in [-0.39, 0.29) is 0 Å². The summed E-state index contributed by atoms with van der Waals surface area (Å²) in [4.78, 5) is 4.45. The number of nitrogens with zero attached hydrogens (tertiary/aromatic N) is 1. The van der Waals surface area contributed by atoms with Crippen molar-refractivity contribution < 1.29 is 9.47 Å². The maximum Gasteiger partial charge on any atom is 0.126 e. The van der Waals surface area contributed by atoms with Gasteiger partial charge < -0.3 is 14.8 Å². The van der Waals surface area contributed by atoms with E-state index in [0.717, 1.165) is 31.1 Å². The van der Waals surface area contributed by atoms with E-state index in [0.29, 0.717) is 30.8 Å². The molecule has 0 unspecified atom stereocenters. The predicted molar refractivity (Wildman–Crippen MR) is 83.3 cm³/mol. The summed E-state index contributed by atoms with van der Waals surface area (Å²) in [5.74, 6) is 1.39. The van der Waals surface area contributed by atoms with Gasteiger partial charge in [-0.05, 0) is 24.5 Å². The van der Waals surface area contributed by atoms with Gasteiger partial charge in [0, 0.05) is 13.2 Å². The molecule has 5 heteroatoms. The van der Waals surface area contributed by atoms with Crippen LogP contribution in [0.3, 0.4) is 0 Å². The second kappa shape index (κ2) is 9.97. The number of nitrogens with one attached hydrogen (secondary N) is 1. The highest BCUT2D eigenvalue weighted by Crippen LogP contribution is 2.17. The van der Waals surface area contributed by atoms with Gasteiger partial charge in [-0.1, -0.05) is 32.4 Å². The van der Waals surface area contributed by atoms with Gasteiger partial charge in [0.1, 0.15) is 5.82 Å². The molecule has 4 nitrogen and oxygen atoms in total. The van der Waals surface area contributed by atoms with E-state index >= 15 is 0 Å². The SMILES string of the molecule is CCCNc1ccc(Cl)c(COCCOCC(C)C)n1. The minimum absolute atomic E-state index is 0.408. The van der Waals surface area contributed by atoms with Gasteiger partial charge in [-0.3, -0.25) is 0 Å². The fourth-order valence-corrected chi connectivity index (χ4v) is 1.70. The van der Waals surface area contributed by atoms with E-state index in [9.17, 15) is 0 Å². The Morgan fingerprint density at radius 1 is 1.25 bits per heavy atom. The average Bonchev–Trinajstić information content (AvgIpc) is 2.42. The van der Waals surface area contributed by atoms with Crippen LogP contribution in [0.4, 0.5) is 5.82 Å². The lowest BCUT2D eigenvalue weighted by Crippen LogP contribution is -2.09. The van der Waals surface area contributed by atoms with Crippen molar-refractivity contribution in [2.24, 2.45) is 5.92 Å². The molecule has 0 radical (unpaired) electrons. The quantitative estimate of drug-likeness (QED) is 0.668. The number of hydrogen-bond acceptors (Lipinski definition) is 4. The molecular formula is C15H25ClN2O2. The first-order valence-corrected chi connectivity index (χ1v) is 7.56. The molecule has 0 saturated heterocycles. The second-order valence-corrected chi connectivity index (χ2v) is 5.48. The number of anilines is 1. The molecule has 0 saturated carbocycles. The Morgan fingerprint density at radius 2 is 2.00 bits per heavy atom. The van der Waals surface area contributed by atoms with Crippen LogP contribution in [0.1, 0.15) is 32.9 Å². The minimum Gasteiger partial charge on any atom is -0.379 e. The zero-order valence-corrected chi connectivity index (χ0v) is 13.4. The lowest BCUT2D eigenvalue weighted by atomic mass is 10.2. The zero-order valence-electron chi connectivity index (χ0n) is 12.6. The summed E-state index contributed by atoms with van der Waals surface area (Å²) in [5.41, 5.74) is 0.761. The standard InChI is InChI=1S/C15H25ClN2O2/c1-4-7-17-15-6-5-13(16)14(18-15)11-20-9-8-19-10-12(2)3/h5-6,12H,4,7-11H2,1-3H3,(H,17,18). The Morgan fingerprint density at radius 3 is 2.70 bits per heavy atom. The maximum absolute atomic E-state index is 6.11. The first-order chi connectivity index (χ1) is 9.63. The molecular weight excluding hydrogens is 276 g/mol. The fraction of sp³-hybridized carbons (Fsp3) is 0.667. The number of ether oxygens (including phenoxy) is 2. The van der Waals surface area contributed by atoms with Gasteiger partial charge >= 0.3 is 0 Å². The average molecular weight is 301 g/mol. The molecule has 0 aliphatic rings. The summed E-state index contributed by atoms with van der Waals surface area (Å²) in [6.45, 7) is 9.59. The number of halogens is 1. The first-order valence-electron chi connectivity index (χ1n) is 7.18. The number of rotatable bonds is 10. The van der Waals surface area contributed by atoms with Crippen molar-refractivity contribution in [2.45, 2.75) is 33.8 Å². The van der Waals surface area contributed by atoms with Crippen LogP contribution in [-0.4, -0.2) is 31.3 Å². The summed E-state index contributed by atoms with van der Waals surface area (Å²) in [6, 6.07) is 3.73. The Balaban J connectivity index is 2.31. The van der Waals surface area contributed by atoms with E-state index < -0.39 is 0 Å². The van der Waals surface area contributed by atoms with Crippen LogP contribution in [-0.2, 0) is 16.1 Å². The molecule has 0 aliphatic carbocycles. The van der Waals surface area contributed by atoms with Crippen molar-refractivity contribution in [3.63, 3.8) is 0 Å². The molecule has 20 heavy (non-hydrogen) atoms. The van der Waals surface area contributed by atoms with Gasteiger partial charge in [0.15, 0.2) is 0 Å². The van der Waals surface area contributed by atoms with Crippen molar-refractivity contribution in [1.29, 1.82) is 0 Å². The zero-order chi connectivity index (χ0) is 14.8. The van der Waals surface area contributed by atoms with Crippen molar-refractivity contribution in [2.75, 3.05) is 31.7 Å². The van der Waals surface area contributed by atoms with Crippen LogP contribution < -0.4 is 5.32 Å². The van der Waals surface area contributed by atoms with Crippen molar-refractivity contribution >= 4 is 17.4 Å². The highest BCUT2D eigenvalue weighted by atomic mass is 35.5. The van der Waals surface area contributed by atoms with Gasteiger partial charge in [-0.2, -0.15) is 0 Å². The van der Waals surface area contributed by atoms with E-state index in [1.165, 1.54) is 0 Å². The Bertz CT molecular complexity index is 386. The lowest BCUT2D eigenvalue weighted by molar-refractivity contribution is 0.0305. The van der Waals surface area contributed by atoms with Crippen LogP contribution in [0.25, 0.3) is 0 Å². The van der Waals surface area contributed by atoms with E-state index in [1.807, 2.05) is 12.1 Å². The molecule has 0 aromatic carbocycles. The summed E-state index contributed by atoms with van der Waals surface area (Å²) >= 11 is 6.11. The Hall–Kier alpha value is -0.840. The van der Waals surface area contributed by atoms with Gasteiger partial charge in [-0.25, -0.2) is 4.98 Å². The van der Waals surface area contributed by atoms with Gasteiger partial charge in [-0.15, -0.1) is 0 Å². The molecule has 0 fully saturated rings. The van der Waals surface area contributed by atoms with E-state index in [4.69, 9.17) is 21.1 Å². The molecule has 1 heterocycles. The fourth-order valence-electron chi connectivity index (χ4n) is 1.54. The lowest BCUT2D eigenvalue weighted by Gasteiger charge is -2.10. The predicted octanol–water partition coefficient (Wildman–Crippen LogP) is 3.75. The minimum atomic E-state index is 0.408. The number of hydrogen-bond donors (Lipinski definition) is 1. The topological polar surface area (TPSA) is 43.4 Å². The molecule has 114 valence electrons. The summed E-state index contributed by atoms with van der Waals surface area (Å²) in [5, 5.41) is 3.87. The highest BCUT2D eigenvalue weighted by Gasteiger charge is 2.04. The summed E-state index contributed by atoms with van der Waals surface area (Å²) in [6.07, 6.45) is 1.06. The van der Waals surface area contributed by atoms with E-state index in [2.05, 4.69) is 31.1 Å². The van der Waals surface area contributed by atoms with E-state index in [1.54, 1.807) is 0 Å². The smallest absolute Gasteiger partial charge is 0.126 e. The number of pyridine rings is 1.